The average Bonchev–Trinajstić information content (AvgIpc) is 2.86. The Hall–Kier alpha value is -0.882. The van der Waals surface area contributed by atoms with Crippen molar-refractivity contribution in [3.05, 3.63) is 51.8 Å². The van der Waals surface area contributed by atoms with Gasteiger partial charge in [0.05, 0.1) is 14.2 Å². The third kappa shape index (κ3) is 5.56. The molecule has 26 heavy (non-hydrogen) atoms. The van der Waals surface area contributed by atoms with Crippen LogP contribution >= 0.6 is 34.0 Å². The van der Waals surface area contributed by atoms with E-state index >= 15 is 0 Å². The van der Waals surface area contributed by atoms with Gasteiger partial charge in [0.1, 0.15) is 0 Å². The molecule has 0 unspecified atom stereocenters. The van der Waals surface area contributed by atoms with Crippen molar-refractivity contribution in [2.45, 2.75) is 6.54 Å². The van der Waals surface area contributed by atoms with E-state index < -0.39 is 0 Å². The van der Waals surface area contributed by atoms with Crippen molar-refractivity contribution in [3.63, 3.8) is 0 Å². The topological polar surface area (TPSA) is 54.3 Å². The number of rotatable bonds is 3. The monoisotopic (exact) mass is 668 g/mol. The van der Waals surface area contributed by atoms with E-state index in [0.717, 1.165) is 17.1 Å². The number of aryl methyl sites for hydroxylation is 2. The van der Waals surface area contributed by atoms with Gasteiger partial charge in [-0.1, -0.05) is 6.07 Å². The molecule has 0 bridgehead atoms. The standard InChI is InChI=1S/C9H10N2.C9H13NO2.2BrH.Pt/c1-10-7-11(2)9-6-4-3-5-8(9)10;1-11-8-4-3-7(6-10)5-9(8)12-2;;;/h3-6H,1-2H3;3-5H,6,10H2,1-2H3;2*1H;. The van der Waals surface area contributed by atoms with E-state index in [9.17, 15) is 0 Å². The number of aromatic nitrogens is 2. The van der Waals surface area contributed by atoms with Crippen LogP contribution in [-0.4, -0.2) is 23.4 Å². The van der Waals surface area contributed by atoms with Crippen LogP contribution in [0.15, 0.2) is 42.5 Å². The first kappa shape index (κ1) is 25.1. The molecular weight excluding hydrogens is 645 g/mol. The predicted octanol–water partition coefficient (Wildman–Crippen LogP) is 3.91. The molecule has 0 spiro atoms. The van der Waals surface area contributed by atoms with Crippen molar-refractivity contribution in [1.29, 1.82) is 0 Å². The molecule has 2 N–H and O–H groups in total. The maximum atomic E-state index is 5.47. The third-order valence-electron chi connectivity index (χ3n) is 3.80. The number of halogens is 2. The molecule has 5 nitrogen and oxygen atoms in total. The van der Waals surface area contributed by atoms with Crippen LogP contribution in [0.4, 0.5) is 0 Å². The van der Waals surface area contributed by atoms with E-state index in [-0.39, 0.29) is 34.0 Å². The van der Waals surface area contributed by atoms with Crippen molar-refractivity contribution >= 4 is 45.0 Å². The number of nitrogens with zero attached hydrogens (tertiary/aromatic N) is 2. The van der Waals surface area contributed by atoms with Crippen LogP contribution in [0.5, 0.6) is 11.5 Å². The molecule has 1 aromatic heterocycles. The van der Waals surface area contributed by atoms with Gasteiger partial charge in [-0.25, -0.2) is 0 Å². The average molecular weight is 670 g/mol. The Balaban J connectivity index is 0.000000446. The summed E-state index contributed by atoms with van der Waals surface area (Å²) in [5, 5.41) is 0. The van der Waals surface area contributed by atoms with Crippen LogP contribution in [0, 0.1) is 3.80 Å². The molecule has 0 fully saturated rings. The second kappa shape index (κ2) is 11.8. The van der Waals surface area contributed by atoms with E-state index in [1.54, 1.807) is 14.2 Å². The Kier molecular flexibility index (Phi) is 11.4. The van der Waals surface area contributed by atoms with Crippen LogP contribution < -0.4 is 15.2 Å². The molecule has 3 aromatic rings. The number of fused-ring (bicyclic) bond motifs is 1. The SMILES string of the molecule is Br.Br.COc1ccc(CN)cc1OC.Cn1[c](=[Pt])n(C)c2ccccc21. The van der Waals surface area contributed by atoms with Crippen LogP contribution in [-0.2, 0) is 40.0 Å². The molecule has 3 rings (SSSR count). The van der Waals surface area contributed by atoms with Crippen LogP contribution in [0.25, 0.3) is 11.0 Å². The molecule has 0 aliphatic heterocycles. The number of hydrogen-bond donors (Lipinski definition) is 1. The summed E-state index contributed by atoms with van der Waals surface area (Å²) in [4.78, 5) is 0. The van der Waals surface area contributed by atoms with Gasteiger partial charge >= 0.3 is 81.7 Å². The van der Waals surface area contributed by atoms with Gasteiger partial charge in [-0.05, 0) is 17.7 Å². The van der Waals surface area contributed by atoms with Crippen LogP contribution in [0.3, 0.4) is 0 Å². The molecular formula is C18H25Br2N3O2Pt. The molecule has 0 aliphatic carbocycles. The van der Waals surface area contributed by atoms with Gasteiger partial charge in [0.15, 0.2) is 11.5 Å². The Morgan fingerprint density at radius 1 is 0.885 bits per heavy atom. The van der Waals surface area contributed by atoms with Crippen LogP contribution in [0.1, 0.15) is 5.56 Å². The fourth-order valence-corrected chi connectivity index (χ4v) is 3.00. The molecule has 0 aliphatic rings. The van der Waals surface area contributed by atoms with Gasteiger partial charge in [-0.2, -0.15) is 0 Å². The predicted molar refractivity (Wildman–Crippen MR) is 113 cm³/mol. The van der Waals surface area contributed by atoms with Crippen molar-refractivity contribution < 1.29 is 28.8 Å². The van der Waals surface area contributed by atoms with E-state index in [2.05, 4.69) is 66.8 Å². The second-order valence-corrected chi connectivity index (χ2v) is 6.26. The summed E-state index contributed by atoms with van der Waals surface area (Å²) < 4.78 is 15.8. The van der Waals surface area contributed by atoms with Crippen molar-refractivity contribution in [2.24, 2.45) is 19.8 Å². The summed E-state index contributed by atoms with van der Waals surface area (Å²) in [5.74, 6) is 1.45. The Morgan fingerprint density at radius 2 is 1.38 bits per heavy atom. The first-order valence-electron chi connectivity index (χ1n) is 7.50. The molecule has 8 heteroatoms. The number of ether oxygens (including phenoxy) is 2. The summed E-state index contributed by atoms with van der Waals surface area (Å²) >= 11 is 2.33. The molecule has 0 amide bonds. The molecule has 0 saturated carbocycles. The zero-order valence-electron chi connectivity index (χ0n) is 15.2. The molecule has 2 aromatic carbocycles. The van der Waals surface area contributed by atoms with E-state index in [0.29, 0.717) is 6.54 Å². The van der Waals surface area contributed by atoms with Gasteiger partial charge in [0.25, 0.3) is 0 Å². The fourth-order valence-electron chi connectivity index (χ4n) is 2.45. The fraction of sp³-hybridized carbons (Fsp3) is 0.278. The third-order valence-corrected chi connectivity index (χ3v) is 5.32. The molecule has 0 saturated heterocycles. The first-order valence-corrected chi connectivity index (χ1v) is 8.64. The van der Waals surface area contributed by atoms with Gasteiger partial charge in [0.2, 0.25) is 0 Å². The molecule has 148 valence electrons. The van der Waals surface area contributed by atoms with Gasteiger partial charge in [-0.3, -0.25) is 0 Å². The molecule has 0 atom stereocenters. The molecule has 1 heterocycles. The number of imidazole rings is 1. The summed E-state index contributed by atoms with van der Waals surface area (Å²) in [5.41, 5.74) is 9.07. The number of nitrogens with two attached hydrogens (primary N) is 1. The van der Waals surface area contributed by atoms with Gasteiger partial charge < -0.3 is 15.2 Å². The minimum atomic E-state index is 0. The zero-order chi connectivity index (χ0) is 17.7. The Labute approximate surface area is 186 Å². The van der Waals surface area contributed by atoms with E-state index in [4.69, 9.17) is 15.2 Å². The number of hydrogen-bond acceptors (Lipinski definition) is 3. The second-order valence-electron chi connectivity index (χ2n) is 5.24. The quantitative estimate of drug-likeness (QED) is 0.461. The van der Waals surface area contributed by atoms with E-state index in [1.165, 1.54) is 14.8 Å². The minimum absolute atomic E-state index is 0. The first-order chi connectivity index (χ1) is 11.5. The molecule has 0 radical (unpaired) electrons. The summed E-state index contributed by atoms with van der Waals surface area (Å²) in [6.07, 6.45) is 0. The number of methoxy groups -OCH3 is 2. The Bertz CT molecular complexity index is 852. The van der Waals surface area contributed by atoms with Crippen LogP contribution in [0.2, 0.25) is 0 Å². The van der Waals surface area contributed by atoms with Gasteiger partial charge in [0, 0.05) is 6.54 Å². The van der Waals surface area contributed by atoms with Crippen molar-refractivity contribution in [1.82, 2.24) is 9.13 Å². The van der Waals surface area contributed by atoms with Crippen molar-refractivity contribution in [3.8, 4) is 11.5 Å². The summed E-state index contributed by atoms with van der Waals surface area (Å²) in [6.45, 7) is 0.514. The number of benzene rings is 2. The summed E-state index contributed by atoms with van der Waals surface area (Å²) in [6, 6.07) is 14.0. The zero-order valence-corrected chi connectivity index (χ0v) is 20.9. The number of para-hydroxylation sites is 2. The van der Waals surface area contributed by atoms with Gasteiger partial charge in [-0.15, -0.1) is 34.0 Å². The van der Waals surface area contributed by atoms with E-state index in [1.807, 2.05) is 18.2 Å². The Morgan fingerprint density at radius 3 is 1.81 bits per heavy atom. The van der Waals surface area contributed by atoms with Crippen molar-refractivity contribution in [2.75, 3.05) is 14.2 Å². The maximum absolute atomic E-state index is 5.47. The summed E-state index contributed by atoms with van der Waals surface area (Å²) in [7, 11) is 7.40. The normalized spacial score (nSPS) is 9.50.